The number of carbonyl (C=O) groups excluding carboxylic acids is 1. The van der Waals surface area contributed by atoms with Crippen molar-refractivity contribution < 1.29 is 9.21 Å². The fraction of sp³-hybridized carbons (Fsp3) is 0.556. The topological polar surface area (TPSA) is 54.5 Å². The normalized spacial score (nSPS) is 20.3. The Morgan fingerprint density at radius 1 is 1.29 bits per heavy atom. The molecule has 0 aliphatic carbocycles. The fourth-order valence-corrected chi connectivity index (χ4v) is 3.46. The molecule has 0 bridgehead atoms. The molecule has 2 aromatic rings. The van der Waals surface area contributed by atoms with E-state index >= 15 is 0 Å². The Kier molecular flexibility index (Phi) is 4.14. The number of amides is 1. The summed E-state index contributed by atoms with van der Waals surface area (Å²) < 4.78 is 7.71. The van der Waals surface area contributed by atoms with Gasteiger partial charge < -0.3 is 9.32 Å². The van der Waals surface area contributed by atoms with Crippen LogP contribution in [-0.4, -0.2) is 51.7 Å². The lowest BCUT2D eigenvalue weighted by Crippen LogP contribution is -2.50. The molecule has 0 unspecified atom stereocenters. The summed E-state index contributed by atoms with van der Waals surface area (Å²) in [4.78, 5) is 16.7. The SMILES string of the molecule is CC1CCN(Cc2ccc(C(=O)N3CC(n4cccn4)C3)o2)CC1. The second-order valence-corrected chi connectivity index (χ2v) is 7.07. The number of furan rings is 1. The van der Waals surface area contributed by atoms with Crippen LogP contribution in [0.2, 0.25) is 0 Å². The first-order valence-electron chi connectivity index (χ1n) is 8.78. The van der Waals surface area contributed by atoms with Crippen LogP contribution < -0.4 is 0 Å². The van der Waals surface area contributed by atoms with Gasteiger partial charge in [-0.15, -0.1) is 0 Å². The largest absolute Gasteiger partial charge is 0.455 e. The van der Waals surface area contributed by atoms with Crippen LogP contribution in [-0.2, 0) is 6.54 Å². The zero-order valence-corrected chi connectivity index (χ0v) is 14.1. The van der Waals surface area contributed by atoms with Gasteiger partial charge in [0.1, 0.15) is 5.76 Å². The number of carbonyl (C=O) groups is 1. The maximum atomic E-state index is 12.5. The summed E-state index contributed by atoms with van der Waals surface area (Å²) in [6, 6.07) is 5.94. The molecule has 2 fully saturated rings. The maximum Gasteiger partial charge on any atom is 0.289 e. The molecule has 2 aliphatic heterocycles. The Morgan fingerprint density at radius 2 is 2.08 bits per heavy atom. The lowest BCUT2D eigenvalue weighted by Gasteiger charge is -2.38. The molecule has 4 heterocycles. The number of nitrogens with zero attached hydrogens (tertiary/aromatic N) is 4. The van der Waals surface area contributed by atoms with Gasteiger partial charge in [-0.2, -0.15) is 5.10 Å². The van der Waals surface area contributed by atoms with E-state index in [1.807, 2.05) is 34.0 Å². The summed E-state index contributed by atoms with van der Waals surface area (Å²) in [7, 11) is 0. The van der Waals surface area contributed by atoms with E-state index in [0.29, 0.717) is 18.8 Å². The van der Waals surface area contributed by atoms with Gasteiger partial charge in [0.2, 0.25) is 0 Å². The third-order valence-electron chi connectivity index (χ3n) is 5.18. The van der Waals surface area contributed by atoms with Gasteiger partial charge in [-0.25, -0.2) is 0 Å². The van der Waals surface area contributed by atoms with E-state index in [1.54, 1.807) is 6.20 Å². The second-order valence-electron chi connectivity index (χ2n) is 7.07. The summed E-state index contributed by atoms with van der Waals surface area (Å²) in [5, 5.41) is 4.23. The van der Waals surface area contributed by atoms with E-state index < -0.39 is 0 Å². The predicted molar refractivity (Wildman–Crippen MR) is 89.6 cm³/mol. The van der Waals surface area contributed by atoms with E-state index in [1.165, 1.54) is 12.8 Å². The fourth-order valence-electron chi connectivity index (χ4n) is 3.46. The molecule has 0 saturated carbocycles. The molecule has 0 aromatic carbocycles. The molecule has 6 nitrogen and oxygen atoms in total. The van der Waals surface area contributed by atoms with Crippen molar-refractivity contribution in [1.82, 2.24) is 19.6 Å². The summed E-state index contributed by atoms with van der Waals surface area (Å²) in [5.74, 6) is 2.15. The van der Waals surface area contributed by atoms with Crippen molar-refractivity contribution >= 4 is 5.91 Å². The van der Waals surface area contributed by atoms with Crippen LogP contribution in [0.15, 0.2) is 35.0 Å². The van der Waals surface area contributed by atoms with E-state index in [4.69, 9.17) is 4.42 Å². The smallest absolute Gasteiger partial charge is 0.289 e. The van der Waals surface area contributed by atoms with Gasteiger partial charge >= 0.3 is 0 Å². The Labute approximate surface area is 142 Å². The van der Waals surface area contributed by atoms with Crippen LogP contribution in [0.4, 0.5) is 0 Å². The van der Waals surface area contributed by atoms with Gasteiger partial charge in [0.15, 0.2) is 5.76 Å². The van der Waals surface area contributed by atoms with E-state index in [2.05, 4.69) is 16.9 Å². The van der Waals surface area contributed by atoms with Gasteiger partial charge in [0, 0.05) is 25.5 Å². The molecule has 128 valence electrons. The first-order chi connectivity index (χ1) is 11.7. The molecular formula is C18H24N4O2. The molecule has 24 heavy (non-hydrogen) atoms. The minimum absolute atomic E-state index is 0.0167. The summed E-state index contributed by atoms with van der Waals surface area (Å²) >= 11 is 0. The summed E-state index contributed by atoms with van der Waals surface area (Å²) in [5.41, 5.74) is 0. The number of piperidine rings is 1. The lowest BCUT2D eigenvalue weighted by atomic mass is 9.99. The lowest BCUT2D eigenvalue weighted by molar-refractivity contribution is 0.0466. The third kappa shape index (κ3) is 3.11. The Hall–Kier alpha value is -2.08. The molecule has 2 saturated heterocycles. The predicted octanol–water partition coefficient (Wildman–Crippen LogP) is 2.41. The summed E-state index contributed by atoms with van der Waals surface area (Å²) in [6.45, 7) is 6.73. The Balaban J connectivity index is 1.31. The van der Waals surface area contributed by atoms with Crippen LogP contribution >= 0.6 is 0 Å². The van der Waals surface area contributed by atoms with Gasteiger partial charge in [-0.05, 0) is 50.0 Å². The molecular weight excluding hydrogens is 304 g/mol. The van der Waals surface area contributed by atoms with E-state index in [-0.39, 0.29) is 11.9 Å². The van der Waals surface area contributed by atoms with Crippen LogP contribution in [0.25, 0.3) is 0 Å². The van der Waals surface area contributed by atoms with Crippen molar-refractivity contribution in [2.24, 2.45) is 5.92 Å². The average Bonchev–Trinajstić information content (AvgIpc) is 3.20. The number of hydrogen-bond donors (Lipinski definition) is 0. The minimum atomic E-state index is -0.0167. The molecule has 0 spiro atoms. The first-order valence-corrected chi connectivity index (χ1v) is 8.78. The van der Waals surface area contributed by atoms with Gasteiger partial charge in [0.25, 0.3) is 5.91 Å². The number of likely N-dealkylation sites (tertiary alicyclic amines) is 2. The number of aromatic nitrogens is 2. The highest BCUT2D eigenvalue weighted by Gasteiger charge is 2.34. The van der Waals surface area contributed by atoms with Crippen molar-refractivity contribution in [3.8, 4) is 0 Å². The van der Waals surface area contributed by atoms with E-state index in [0.717, 1.165) is 31.3 Å². The zero-order valence-electron chi connectivity index (χ0n) is 14.1. The molecule has 0 N–H and O–H groups in total. The van der Waals surface area contributed by atoms with Gasteiger partial charge in [-0.1, -0.05) is 6.92 Å². The quantitative estimate of drug-likeness (QED) is 0.865. The first kappa shape index (κ1) is 15.4. The summed E-state index contributed by atoms with van der Waals surface area (Å²) in [6.07, 6.45) is 6.20. The molecule has 6 heteroatoms. The van der Waals surface area contributed by atoms with Crippen LogP contribution in [0.1, 0.15) is 42.1 Å². The number of rotatable bonds is 4. The Bertz CT molecular complexity index is 680. The van der Waals surface area contributed by atoms with Crippen LogP contribution in [0.5, 0.6) is 0 Å². The van der Waals surface area contributed by atoms with Crippen molar-refractivity contribution in [2.45, 2.75) is 32.4 Å². The maximum absolute atomic E-state index is 12.5. The monoisotopic (exact) mass is 328 g/mol. The highest BCUT2D eigenvalue weighted by atomic mass is 16.4. The molecule has 2 aromatic heterocycles. The highest BCUT2D eigenvalue weighted by Crippen LogP contribution is 2.24. The van der Waals surface area contributed by atoms with Gasteiger partial charge in [-0.3, -0.25) is 14.4 Å². The van der Waals surface area contributed by atoms with Crippen LogP contribution in [0.3, 0.4) is 0 Å². The standard InChI is InChI=1S/C18H24N4O2/c1-14-5-9-20(10-6-14)13-16-3-4-17(24-16)18(23)21-11-15(12-21)22-8-2-7-19-22/h2-4,7-8,14-15H,5-6,9-13H2,1H3. The van der Waals surface area contributed by atoms with Crippen molar-refractivity contribution in [2.75, 3.05) is 26.2 Å². The van der Waals surface area contributed by atoms with Gasteiger partial charge in [0.05, 0.1) is 12.6 Å². The van der Waals surface area contributed by atoms with E-state index in [9.17, 15) is 4.79 Å². The second kappa shape index (κ2) is 6.43. The van der Waals surface area contributed by atoms with Crippen LogP contribution in [0, 0.1) is 5.92 Å². The van der Waals surface area contributed by atoms with Crippen molar-refractivity contribution in [1.29, 1.82) is 0 Å². The van der Waals surface area contributed by atoms with Crippen molar-refractivity contribution in [3.63, 3.8) is 0 Å². The molecule has 0 radical (unpaired) electrons. The zero-order chi connectivity index (χ0) is 16.5. The minimum Gasteiger partial charge on any atom is -0.455 e. The van der Waals surface area contributed by atoms with Crippen molar-refractivity contribution in [3.05, 3.63) is 42.1 Å². The number of hydrogen-bond acceptors (Lipinski definition) is 4. The molecule has 0 atom stereocenters. The average molecular weight is 328 g/mol. The third-order valence-corrected chi connectivity index (χ3v) is 5.18. The molecule has 4 rings (SSSR count). The highest BCUT2D eigenvalue weighted by molar-refractivity contribution is 5.92. The Morgan fingerprint density at radius 3 is 2.79 bits per heavy atom. The molecule has 1 amide bonds. The molecule has 2 aliphatic rings.